The molecule has 1 aromatic rings. The van der Waals surface area contributed by atoms with E-state index in [1.54, 1.807) is 0 Å². The molecule has 20 heavy (non-hydrogen) atoms. The lowest BCUT2D eigenvalue weighted by atomic mass is 10.1. The average Bonchev–Trinajstić information content (AvgIpc) is 2.44. The number of halogens is 1. The fourth-order valence-corrected chi connectivity index (χ4v) is 1.90. The number of carbonyl (C=O) groups excluding carboxylic acids is 2. The molecule has 0 saturated carbocycles. The van der Waals surface area contributed by atoms with E-state index in [0.29, 0.717) is 24.7 Å². The molecule has 1 atom stereocenters. The van der Waals surface area contributed by atoms with E-state index in [-0.39, 0.29) is 17.1 Å². The Balaban J connectivity index is 2.10. The van der Waals surface area contributed by atoms with Gasteiger partial charge in [0.15, 0.2) is 11.5 Å². The van der Waals surface area contributed by atoms with E-state index in [1.807, 2.05) is 0 Å². The lowest BCUT2D eigenvalue weighted by Gasteiger charge is -2.20. The first kappa shape index (κ1) is 14.4. The molecule has 2 amide bonds. The minimum absolute atomic E-state index is 0.232. The Morgan fingerprint density at radius 1 is 1.40 bits per heavy atom. The van der Waals surface area contributed by atoms with Crippen LogP contribution in [0.3, 0.4) is 0 Å². The average molecular weight is 301 g/mol. The second-order valence-corrected chi connectivity index (χ2v) is 4.52. The van der Waals surface area contributed by atoms with Crippen molar-refractivity contribution in [2.24, 2.45) is 5.73 Å². The molecule has 0 radical (unpaired) electrons. The summed E-state index contributed by atoms with van der Waals surface area (Å²) in [5, 5.41) is 11.8. The third-order valence-electron chi connectivity index (χ3n) is 2.64. The number of aliphatic hydroxyl groups excluding tert-OH is 1. The maximum Gasteiger partial charge on any atom is 0.251 e. The molecule has 1 unspecified atom stereocenters. The number of hydrogen-bond donors (Lipinski definition) is 3. The molecule has 1 aromatic carbocycles. The van der Waals surface area contributed by atoms with E-state index in [9.17, 15) is 14.7 Å². The van der Waals surface area contributed by atoms with Crippen LogP contribution in [-0.4, -0.2) is 42.8 Å². The Bertz CT molecular complexity index is 549. The first-order chi connectivity index (χ1) is 9.49. The number of primary amides is 1. The number of amides is 2. The molecule has 0 aromatic heterocycles. The third kappa shape index (κ3) is 3.12. The minimum atomic E-state index is -1.44. The van der Waals surface area contributed by atoms with Gasteiger partial charge in [0, 0.05) is 5.56 Å². The number of fused-ring (bicyclic) bond motifs is 1. The lowest BCUT2D eigenvalue weighted by molar-refractivity contribution is -0.125. The minimum Gasteiger partial charge on any atom is -0.486 e. The summed E-state index contributed by atoms with van der Waals surface area (Å²) in [6, 6.07) is 2.90. The van der Waals surface area contributed by atoms with Gasteiger partial charge < -0.3 is 25.6 Å². The number of nitrogens with one attached hydrogen (secondary N) is 1. The van der Waals surface area contributed by atoms with Gasteiger partial charge in [-0.25, -0.2) is 0 Å². The molecule has 0 saturated heterocycles. The summed E-state index contributed by atoms with van der Waals surface area (Å²) < 4.78 is 10.7. The molecule has 4 N–H and O–H groups in total. The number of benzene rings is 1. The van der Waals surface area contributed by atoms with Crippen LogP contribution in [0.4, 0.5) is 0 Å². The Kier molecular flexibility index (Phi) is 4.31. The molecule has 8 heteroatoms. The molecule has 0 spiro atoms. The molecule has 1 aliphatic heterocycles. The molecule has 1 heterocycles. The van der Waals surface area contributed by atoms with Crippen molar-refractivity contribution in [2.45, 2.75) is 6.10 Å². The predicted molar refractivity (Wildman–Crippen MR) is 70.0 cm³/mol. The monoisotopic (exact) mass is 300 g/mol. The van der Waals surface area contributed by atoms with Gasteiger partial charge in [-0.05, 0) is 12.1 Å². The van der Waals surface area contributed by atoms with Gasteiger partial charge in [0.25, 0.3) is 5.91 Å². The number of nitrogens with two attached hydrogens (primary N) is 1. The first-order valence-electron chi connectivity index (χ1n) is 5.83. The number of carbonyl (C=O) groups is 2. The summed E-state index contributed by atoms with van der Waals surface area (Å²) in [7, 11) is 0. The van der Waals surface area contributed by atoms with E-state index in [2.05, 4.69) is 5.32 Å². The molecule has 0 aliphatic carbocycles. The van der Waals surface area contributed by atoms with E-state index >= 15 is 0 Å². The number of rotatable bonds is 4. The van der Waals surface area contributed by atoms with Crippen LogP contribution in [0, 0.1) is 0 Å². The van der Waals surface area contributed by atoms with Gasteiger partial charge in [-0.2, -0.15) is 0 Å². The summed E-state index contributed by atoms with van der Waals surface area (Å²) in [5.74, 6) is -0.648. The van der Waals surface area contributed by atoms with Gasteiger partial charge in [-0.3, -0.25) is 9.59 Å². The van der Waals surface area contributed by atoms with Crippen LogP contribution in [0.5, 0.6) is 11.5 Å². The Morgan fingerprint density at radius 2 is 2.10 bits per heavy atom. The summed E-state index contributed by atoms with van der Waals surface area (Å²) in [4.78, 5) is 22.5. The largest absolute Gasteiger partial charge is 0.486 e. The zero-order chi connectivity index (χ0) is 14.7. The topological polar surface area (TPSA) is 111 Å². The van der Waals surface area contributed by atoms with Crippen LogP contribution in [-0.2, 0) is 4.79 Å². The van der Waals surface area contributed by atoms with Gasteiger partial charge in [-0.1, -0.05) is 11.6 Å². The van der Waals surface area contributed by atoms with E-state index < -0.39 is 17.9 Å². The second-order valence-electron chi connectivity index (χ2n) is 4.11. The van der Waals surface area contributed by atoms with Crippen molar-refractivity contribution >= 4 is 23.4 Å². The molecular weight excluding hydrogens is 288 g/mol. The summed E-state index contributed by atoms with van der Waals surface area (Å²) >= 11 is 6.00. The van der Waals surface area contributed by atoms with Crippen molar-refractivity contribution in [1.82, 2.24) is 5.32 Å². The SMILES string of the molecule is NC(=O)C(O)CNC(=O)c1cc(Cl)c2c(c1)OCCO2. The summed E-state index contributed by atoms with van der Waals surface area (Å²) in [5.41, 5.74) is 5.11. The summed E-state index contributed by atoms with van der Waals surface area (Å²) in [6.07, 6.45) is -1.44. The molecule has 0 bridgehead atoms. The highest BCUT2D eigenvalue weighted by Crippen LogP contribution is 2.38. The Morgan fingerprint density at radius 3 is 2.80 bits per heavy atom. The molecule has 0 fully saturated rings. The standard InChI is InChI=1S/C12H13ClN2O5/c13-7-3-6(4-9-10(7)20-2-1-19-9)12(18)15-5-8(16)11(14)17/h3-4,8,16H,1-2,5H2,(H2,14,17)(H,15,18). The van der Waals surface area contributed by atoms with E-state index in [4.69, 9.17) is 26.8 Å². The Hall–Kier alpha value is -1.99. The van der Waals surface area contributed by atoms with Gasteiger partial charge in [0.05, 0.1) is 11.6 Å². The van der Waals surface area contributed by atoms with Crippen molar-refractivity contribution < 1.29 is 24.2 Å². The van der Waals surface area contributed by atoms with Gasteiger partial charge in [0.2, 0.25) is 5.91 Å². The van der Waals surface area contributed by atoms with Crippen molar-refractivity contribution in [2.75, 3.05) is 19.8 Å². The zero-order valence-electron chi connectivity index (χ0n) is 10.4. The van der Waals surface area contributed by atoms with Crippen LogP contribution in [0.1, 0.15) is 10.4 Å². The Labute approximate surface area is 119 Å². The van der Waals surface area contributed by atoms with Gasteiger partial charge >= 0.3 is 0 Å². The van der Waals surface area contributed by atoms with Crippen LogP contribution >= 0.6 is 11.6 Å². The highest BCUT2D eigenvalue weighted by molar-refractivity contribution is 6.32. The number of hydrogen-bond acceptors (Lipinski definition) is 5. The molecular formula is C12H13ClN2O5. The maximum absolute atomic E-state index is 11.9. The van der Waals surface area contributed by atoms with Gasteiger partial charge in [-0.15, -0.1) is 0 Å². The predicted octanol–water partition coefficient (Wildman–Crippen LogP) is -0.313. The van der Waals surface area contributed by atoms with Crippen LogP contribution in [0.15, 0.2) is 12.1 Å². The fraction of sp³-hybridized carbons (Fsp3) is 0.333. The van der Waals surface area contributed by atoms with Crippen LogP contribution < -0.4 is 20.5 Å². The normalized spacial score (nSPS) is 14.5. The van der Waals surface area contributed by atoms with E-state index in [0.717, 1.165) is 0 Å². The van der Waals surface area contributed by atoms with Crippen LogP contribution in [0.2, 0.25) is 5.02 Å². The summed E-state index contributed by atoms with van der Waals surface area (Å²) in [6.45, 7) is 0.484. The molecule has 108 valence electrons. The first-order valence-corrected chi connectivity index (χ1v) is 6.21. The van der Waals surface area contributed by atoms with Crippen LogP contribution in [0.25, 0.3) is 0 Å². The zero-order valence-corrected chi connectivity index (χ0v) is 11.1. The number of aliphatic hydroxyl groups is 1. The maximum atomic E-state index is 11.9. The van der Waals surface area contributed by atoms with Crippen molar-refractivity contribution in [3.05, 3.63) is 22.7 Å². The van der Waals surface area contributed by atoms with E-state index in [1.165, 1.54) is 12.1 Å². The highest BCUT2D eigenvalue weighted by atomic mass is 35.5. The lowest BCUT2D eigenvalue weighted by Crippen LogP contribution is -2.40. The fourth-order valence-electron chi connectivity index (χ4n) is 1.63. The molecule has 7 nitrogen and oxygen atoms in total. The molecule has 1 aliphatic rings. The second kappa shape index (κ2) is 5.98. The smallest absolute Gasteiger partial charge is 0.251 e. The molecule has 2 rings (SSSR count). The van der Waals surface area contributed by atoms with Crippen molar-refractivity contribution in [3.8, 4) is 11.5 Å². The van der Waals surface area contributed by atoms with Gasteiger partial charge in [0.1, 0.15) is 19.3 Å². The third-order valence-corrected chi connectivity index (χ3v) is 2.92. The van der Waals surface area contributed by atoms with Crippen molar-refractivity contribution in [1.29, 1.82) is 0 Å². The highest BCUT2D eigenvalue weighted by Gasteiger charge is 2.20. The quantitative estimate of drug-likeness (QED) is 0.706. The number of ether oxygens (including phenoxy) is 2. The van der Waals surface area contributed by atoms with Crippen molar-refractivity contribution in [3.63, 3.8) is 0 Å².